The Morgan fingerprint density at radius 1 is 0.967 bits per heavy atom. The third-order valence-corrected chi connectivity index (χ3v) is 7.71. The first kappa shape index (κ1) is 25.8. The van der Waals surface area contributed by atoms with Crippen molar-refractivity contribution in [2.45, 2.75) is 88.4 Å². The Balaban J connectivity index is 2.01. The summed E-state index contributed by atoms with van der Waals surface area (Å²) in [6, 6.07) is 0. The molecule has 0 fully saturated rings. The maximum Gasteiger partial charge on any atom is 0.0460 e. The van der Waals surface area contributed by atoms with Crippen molar-refractivity contribution < 1.29 is 5.11 Å². The van der Waals surface area contributed by atoms with Gasteiger partial charge in [-0.25, -0.2) is 0 Å². The van der Waals surface area contributed by atoms with Crippen LogP contribution in [0.2, 0.25) is 0 Å². The number of rotatable bonds is 12. The molecule has 0 radical (unpaired) electrons. The summed E-state index contributed by atoms with van der Waals surface area (Å²) in [7, 11) is 0. The van der Waals surface area contributed by atoms with Crippen molar-refractivity contribution in [3.63, 3.8) is 0 Å². The highest BCUT2D eigenvalue weighted by Gasteiger charge is 2.25. The van der Waals surface area contributed by atoms with E-state index in [2.05, 4.69) is 88.6 Å². The molecule has 170 valence electrons. The molecule has 0 aromatic heterocycles. The number of nitrogens with zero attached hydrogens (tertiary/aromatic N) is 1. The summed E-state index contributed by atoms with van der Waals surface area (Å²) in [6.07, 6.45) is 17.3. The van der Waals surface area contributed by atoms with Crippen LogP contribution in [0.25, 0.3) is 0 Å². The molecule has 1 N–H and O–H groups in total. The molecule has 0 aromatic rings. The van der Waals surface area contributed by atoms with Crippen LogP contribution in [0, 0.1) is 0 Å². The number of thioether (sulfide) groups is 2. The zero-order chi connectivity index (χ0) is 22.2. The minimum Gasteiger partial charge on any atom is -0.396 e. The third kappa shape index (κ3) is 9.80. The fraction of sp³-hybridized carbons (Fsp3) is 0.692. The molecule has 2 nitrogen and oxygen atoms in total. The Bertz CT molecular complexity index is 662. The van der Waals surface area contributed by atoms with E-state index >= 15 is 0 Å². The average Bonchev–Trinajstić information content (AvgIpc) is 3.21. The lowest BCUT2D eigenvalue weighted by Crippen LogP contribution is -2.31. The van der Waals surface area contributed by atoms with Gasteiger partial charge in [0.2, 0.25) is 0 Å². The maximum absolute atomic E-state index is 9.05. The first-order valence-electron chi connectivity index (χ1n) is 11.5. The molecule has 0 amide bonds. The summed E-state index contributed by atoms with van der Waals surface area (Å²) in [5.74, 6) is 0. The summed E-state index contributed by atoms with van der Waals surface area (Å²) in [4.78, 5) is 4.13. The minimum atomic E-state index is 0.247. The fourth-order valence-corrected chi connectivity index (χ4v) is 6.12. The highest BCUT2D eigenvalue weighted by molar-refractivity contribution is 8.04. The molecule has 30 heavy (non-hydrogen) atoms. The van der Waals surface area contributed by atoms with Crippen LogP contribution >= 0.6 is 23.5 Å². The van der Waals surface area contributed by atoms with Crippen LogP contribution in [-0.4, -0.2) is 51.0 Å². The Hall–Kier alpha value is -0.420. The summed E-state index contributed by atoms with van der Waals surface area (Å²) in [5, 5.41) is 9.55. The number of aliphatic hydroxyl groups excluding tert-OH is 1. The predicted octanol–water partition coefficient (Wildman–Crippen LogP) is 6.98. The largest absolute Gasteiger partial charge is 0.396 e. The van der Waals surface area contributed by atoms with Gasteiger partial charge in [-0.3, -0.25) is 4.90 Å². The normalized spacial score (nSPS) is 19.5. The zero-order valence-electron chi connectivity index (χ0n) is 20.0. The van der Waals surface area contributed by atoms with Crippen molar-refractivity contribution in [2.24, 2.45) is 0 Å². The van der Waals surface area contributed by atoms with E-state index in [1.807, 2.05) is 11.8 Å². The average molecular weight is 450 g/mol. The van der Waals surface area contributed by atoms with Gasteiger partial charge in [0, 0.05) is 39.3 Å². The van der Waals surface area contributed by atoms with Gasteiger partial charge in [-0.05, 0) is 37.0 Å². The van der Waals surface area contributed by atoms with Crippen LogP contribution in [0.1, 0.15) is 73.6 Å². The van der Waals surface area contributed by atoms with Crippen LogP contribution < -0.4 is 0 Å². The zero-order valence-corrected chi connectivity index (χ0v) is 21.7. The van der Waals surface area contributed by atoms with Crippen LogP contribution in [0.5, 0.6) is 0 Å². The van der Waals surface area contributed by atoms with E-state index in [0.29, 0.717) is 11.9 Å². The van der Waals surface area contributed by atoms with E-state index in [1.165, 1.54) is 28.9 Å². The van der Waals surface area contributed by atoms with Crippen LogP contribution in [0.3, 0.4) is 0 Å². The van der Waals surface area contributed by atoms with Crippen molar-refractivity contribution in [3.8, 4) is 0 Å². The predicted molar refractivity (Wildman–Crippen MR) is 138 cm³/mol. The SMILES string of the molecule is CC(C)(C)SC1=CCC=C1CN(CCCCCCO)CC1=CC=CC1SC(C)(C)C. The quantitative estimate of drug-likeness (QED) is 0.325. The number of unbranched alkanes of at least 4 members (excludes halogenated alkanes) is 3. The Labute approximate surface area is 194 Å². The van der Waals surface area contributed by atoms with Crippen LogP contribution in [-0.2, 0) is 0 Å². The molecule has 0 bridgehead atoms. The minimum absolute atomic E-state index is 0.247. The van der Waals surface area contributed by atoms with Gasteiger partial charge in [0.1, 0.15) is 0 Å². The highest BCUT2D eigenvalue weighted by atomic mass is 32.2. The molecule has 0 saturated heterocycles. The van der Waals surface area contributed by atoms with E-state index in [9.17, 15) is 0 Å². The third-order valence-electron chi connectivity index (χ3n) is 5.02. The lowest BCUT2D eigenvalue weighted by molar-refractivity contribution is 0.276. The van der Waals surface area contributed by atoms with Gasteiger partial charge < -0.3 is 5.11 Å². The Morgan fingerprint density at radius 3 is 2.37 bits per heavy atom. The highest BCUT2D eigenvalue weighted by Crippen LogP contribution is 2.39. The second-order valence-corrected chi connectivity index (χ2v) is 14.2. The molecule has 2 aliphatic rings. The van der Waals surface area contributed by atoms with E-state index in [4.69, 9.17) is 5.11 Å². The molecule has 4 heteroatoms. The van der Waals surface area contributed by atoms with Gasteiger partial charge in [-0.1, -0.05) is 84.8 Å². The monoisotopic (exact) mass is 449 g/mol. The van der Waals surface area contributed by atoms with Crippen molar-refractivity contribution in [1.29, 1.82) is 0 Å². The van der Waals surface area contributed by atoms with Gasteiger partial charge >= 0.3 is 0 Å². The summed E-state index contributed by atoms with van der Waals surface area (Å²) < 4.78 is 0.511. The van der Waals surface area contributed by atoms with E-state index in [0.717, 1.165) is 38.9 Å². The summed E-state index contributed by atoms with van der Waals surface area (Å²) >= 11 is 4.07. The molecule has 2 aliphatic carbocycles. The molecular weight excluding hydrogens is 406 g/mol. The topological polar surface area (TPSA) is 23.5 Å². The van der Waals surface area contributed by atoms with Crippen molar-refractivity contribution >= 4 is 23.5 Å². The number of hydrogen-bond donors (Lipinski definition) is 1. The van der Waals surface area contributed by atoms with Crippen LogP contribution in [0.15, 0.2) is 46.4 Å². The van der Waals surface area contributed by atoms with Gasteiger partial charge in [0.25, 0.3) is 0 Å². The van der Waals surface area contributed by atoms with Gasteiger partial charge in [0.15, 0.2) is 0 Å². The van der Waals surface area contributed by atoms with Gasteiger partial charge in [-0.15, -0.1) is 23.5 Å². The molecular formula is C26H43NOS2. The fourth-order valence-electron chi connectivity index (χ4n) is 3.77. The van der Waals surface area contributed by atoms with E-state index in [1.54, 1.807) is 0 Å². The molecule has 0 heterocycles. The Kier molecular flexibility index (Phi) is 10.3. The standard InChI is InChI=1S/C26H43NOS2/c1-25(2,3)29-23-15-11-13-21(23)19-27(17-9-7-8-10-18-28)20-22-14-12-16-24(22)30-26(4,5)6/h11,13-16,23,28H,7-10,12,17-20H2,1-6H3. The Morgan fingerprint density at radius 2 is 1.70 bits per heavy atom. The maximum atomic E-state index is 9.05. The number of allylic oxidation sites excluding steroid dienone is 4. The molecule has 0 spiro atoms. The van der Waals surface area contributed by atoms with E-state index in [-0.39, 0.29) is 9.49 Å². The van der Waals surface area contributed by atoms with Crippen molar-refractivity contribution in [2.75, 3.05) is 26.2 Å². The van der Waals surface area contributed by atoms with Crippen molar-refractivity contribution in [1.82, 2.24) is 4.90 Å². The molecule has 0 aliphatic heterocycles. The summed E-state index contributed by atoms with van der Waals surface area (Å²) in [5.41, 5.74) is 3.05. The second-order valence-electron chi connectivity index (χ2n) is 10.4. The smallest absolute Gasteiger partial charge is 0.0460 e. The molecule has 2 rings (SSSR count). The van der Waals surface area contributed by atoms with Gasteiger partial charge in [-0.2, -0.15) is 0 Å². The first-order valence-corrected chi connectivity index (χ1v) is 13.2. The molecule has 0 saturated carbocycles. The molecule has 1 unspecified atom stereocenters. The summed E-state index contributed by atoms with van der Waals surface area (Å²) in [6.45, 7) is 17.4. The van der Waals surface area contributed by atoms with Gasteiger partial charge in [0.05, 0.1) is 0 Å². The molecule has 0 aromatic carbocycles. The second kappa shape index (κ2) is 12.0. The number of aliphatic hydroxyl groups is 1. The number of hydrogen-bond acceptors (Lipinski definition) is 4. The molecule has 1 atom stereocenters. The van der Waals surface area contributed by atoms with Crippen LogP contribution in [0.4, 0.5) is 0 Å². The lowest BCUT2D eigenvalue weighted by Gasteiger charge is -2.29. The lowest BCUT2D eigenvalue weighted by atomic mass is 10.1. The van der Waals surface area contributed by atoms with Crippen molar-refractivity contribution in [3.05, 3.63) is 46.4 Å². The first-order chi connectivity index (χ1) is 14.1. The van der Waals surface area contributed by atoms with E-state index < -0.39 is 0 Å².